The molecule has 0 radical (unpaired) electrons. The SMILES string of the molecule is CCOc1ccccc1N1CCN(c2nccc(-n3ccc(C)n3)n2)CC1. The monoisotopic (exact) mass is 364 g/mol. The van der Waals surface area contributed by atoms with Crippen LogP contribution < -0.4 is 14.5 Å². The summed E-state index contributed by atoms with van der Waals surface area (Å²) >= 11 is 0. The Morgan fingerprint density at radius 3 is 2.52 bits per heavy atom. The van der Waals surface area contributed by atoms with Gasteiger partial charge in [-0.25, -0.2) is 9.67 Å². The number of para-hydroxylation sites is 2. The quantitative estimate of drug-likeness (QED) is 0.694. The highest BCUT2D eigenvalue weighted by Gasteiger charge is 2.21. The lowest BCUT2D eigenvalue weighted by atomic mass is 10.2. The second kappa shape index (κ2) is 7.65. The Morgan fingerprint density at radius 1 is 1.00 bits per heavy atom. The number of hydrogen-bond donors (Lipinski definition) is 0. The Morgan fingerprint density at radius 2 is 1.78 bits per heavy atom. The third-order valence-corrected chi connectivity index (χ3v) is 4.65. The Balaban J connectivity index is 1.47. The van der Waals surface area contributed by atoms with E-state index in [1.807, 2.05) is 44.3 Å². The molecule has 7 nitrogen and oxygen atoms in total. The standard InChI is InChI=1S/C20H24N6O/c1-3-27-18-7-5-4-6-17(18)24-12-14-25(15-13-24)20-21-10-8-19(22-20)26-11-9-16(2)23-26/h4-11H,3,12-15H2,1-2H3. The fourth-order valence-electron chi connectivity index (χ4n) is 3.31. The normalized spacial score (nSPS) is 14.4. The Labute approximate surface area is 159 Å². The fourth-order valence-corrected chi connectivity index (χ4v) is 3.31. The van der Waals surface area contributed by atoms with Crippen molar-refractivity contribution in [3.63, 3.8) is 0 Å². The Hall–Kier alpha value is -3.09. The first-order chi connectivity index (χ1) is 13.2. The average Bonchev–Trinajstić information content (AvgIpc) is 3.15. The van der Waals surface area contributed by atoms with Crippen LogP contribution in [0.5, 0.6) is 5.75 Å². The van der Waals surface area contributed by atoms with Gasteiger partial charge in [-0.05, 0) is 32.0 Å². The minimum Gasteiger partial charge on any atom is -0.492 e. The number of hydrogen-bond acceptors (Lipinski definition) is 6. The summed E-state index contributed by atoms with van der Waals surface area (Å²) in [4.78, 5) is 13.8. The molecule has 27 heavy (non-hydrogen) atoms. The van der Waals surface area contributed by atoms with Crippen molar-refractivity contribution in [2.75, 3.05) is 42.6 Å². The summed E-state index contributed by atoms with van der Waals surface area (Å²) in [6.07, 6.45) is 3.72. The van der Waals surface area contributed by atoms with E-state index in [9.17, 15) is 0 Å². The topological polar surface area (TPSA) is 59.3 Å². The molecule has 0 saturated carbocycles. The highest BCUT2D eigenvalue weighted by atomic mass is 16.5. The number of ether oxygens (including phenoxy) is 1. The van der Waals surface area contributed by atoms with E-state index in [0.29, 0.717) is 6.61 Å². The van der Waals surface area contributed by atoms with Crippen molar-refractivity contribution in [3.8, 4) is 11.6 Å². The number of rotatable bonds is 5. The number of anilines is 2. The molecule has 140 valence electrons. The molecular weight excluding hydrogens is 340 g/mol. The van der Waals surface area contributed by atoms with E-state index in [1.54, 1.807) is 10.9 Å². The van der Waals surface area contributed by atoms with Crippen molar-refractivity contribution in [1.82, 2.24) is 19.7 Å². The van der Waals surface area contributed by atoms with E-state index in [0.717, 1.165) is 55.1 Å². The van der Waals surface area contributed by atoms with Gasteiger partial charge in [-0.1, -0.05) is 12.1 Å². The van der Waals surface area contributed by atoms with E-state index in [-0.39, 0.29) is 0 Å². The van der Waals surface area contributed by atoms with Gasteiger partial charge in [0.2, 0.25) is 5.95 Å². The highest BCUT2D eigenvalue weighted by Crippen LogP contribution is 2.29. The second-order valence-electron chi connectivity index (χ2n) is 6.49. The van der Waals surface area contributed by atoms with Crippen LogP contribution in [-0.2, 0) is 0 Å². The van der Waals surface area contributed by atoms with Gasteiger partial charge < -0.3 is 14.5 Å². The maximum atomic E-state index is 5.78. The average molecular weight is 364 g/mol. The molecular formula is C20H24N6O. The minimum atomic E-state index is 0.671. The molecule has 2 aromatic heterocycles. The lowest BCUT2D eigenvalue weighted by Gasteiger charge is -2.36. The van der Waals surface area contributed by atoms with Gasteiger partial charge in [0, 0.05) is 44.6 Å². The first-order valence-corrected chi connectivity index (χ1v) is 9.32. The van der Waals surface area contributed by atoms with Crippen LogP contribution in [0.4, 0.5) is 11.6 Å². The summed E-state index contributed by atoms with van der Waals surface area (Å²) in [7, 11) is 0. The molecule has 0 atom stereocenters. The van der Waals surface area contributed by atoms with E-state index < -0.39 is 0 Å². The zero-order chi connectivity index (χ0) is 18.6. The Bertz CT molecular complexity index is 901. The first-order valence-electron chi connectivity index (χ1n) is 9.32. The molecule has 4 rings (SSSR count). The molecule has 1 aliphatic rings. The molecule has 0 bridgehead atoms. The van der Waals surface area contributed by atoms with Crippen LogP contribution >= 0.6 is 0 Å². The molecule has 0 amide bonds. The first kappa shape index (κ1) is 17.3. The predicted octanol–water partition coefficient (Wildman–Crippen LogP) is 2.70. The molecule has 0 spiro atoms. The second-order valence-corrected chi connectivity index (χ2v) is 6.49. The number of nitrogens with zero attached hydrogens (tertiary/aromatic N) is 6. The minimum absolute atomic E-state index is 0.671. The third-order valence-electron chi connectivity index (χ3n) is 4.65. The summed E-state index contributed by atoms with van der Waals surface area (Å²) in [5.41, 5.74) is 2.12. The van der Waals surface area contributed by atoms with Gasteiger partial charge in [-0.3, -0.25) is 0 Å². The van der Waals surface area contributed by atoms with Gasteiger partial charge in [0.15, 0.2) is 5.82 Å². The highest BCUT2D eigenvalue weighted by molar-refractivity contribution is 5.59. The van der Waals surface area contributed by atoms with Crippen molar-refractivity contribution in [1.29, 1.82) is 0 Å². The number of piperazine rings is 1. The molecule has 1 fully saturated rings. The molecule has 0 aliphatic carbocycles. The van der Waals surface area contributed by atoms with Crippen molar-refractivity contribution < 1.29 is 4.74 Å². The van der Waals surface area contributed by atoms with Gasteiger partial charge in [0.05, 0.1) is 18.0 Å². The fraction of sp³-hybridized carbons (Fsp3) is 0.350. The van der Waals surface area contributed by atoms with Crippen LogP contribution in [0.25, 0.3) is 5.82 Å². The Kier molecular flexibility index (Phi) is 4.91. The predicted molar refractivity (Wildman–Crippen MR) is 106 cm³/mol. The zero-order valence-electron chi connectivity index (χ0n) is 15.7. The number of aromatic nitrogens is 4. The number of benzene rings is 1. The largest absolute Gasteiger partial charge is 0.492 e. The smallest absolute Gasteiger partial charge is 0.227 e. The van der Waals surface area contributed by atoms with E-state index in [2.05, 4.69) is 32.0 Å². The summed E-state index contributed by atoms with van der Waals surface area (Å²) in [5.74, 6) is 2.48. The van der Waals surface area contributed by atoms with Crippen LogP contribution in [0.15, 0.2) is 48.8 Å². The molecule has 1 aromatic carbocycles. The van der Waals surface area contributed by atoms with E-state index in [4.69, 9.17) is 9.72 Å². The summed E-state index contributed by atoms with van der Waals surface area (Å²) < 4.78 is 7.57. The zero-order valence-corrected chi connectivity index (χ0v) is 15.7. The van der Waals surface area contributed by atoms with Crippen molar-refractivity contribution in [3.05, 3.63) is 54.5 Å². The van der Waals surface area contributed by atoms with Gasteiger partial charge in [-0.15, -0.1) is 0 Å². The molecule has 3 heterocycles. The summed E-state index contributed by atoms with van der Waals surface area (Å²) in [6.45, 7) is 8.18. The van der Waals surface area contributed by atoms with Crippen LogP contribution in [0.3, 0.4) is 0 Å². The molecule has 3 aromatic rings. The van der Waals surface area contributed by atoms with Crippen molar-refractivity contribution in [2.24, 2.45) is 0 Å². The van der Waals surface area contributed by atoms with Crippen LogP contribution in [0.1, 0.15) is 12.6 Å². The molecule has 1 saturated heterocycles. The van der Waals surface area contributed by atoms with Gasteiger partial charge >= 0.3 is 0 Å². The van der Waals surface area contributed by atoms with E-state index in [1.165, 1.54) is 0 Å². The van der Waals surface area contributed by atoms with E-state index >= 15 is 0 Å². The maximum absolute atomic E-state index is 5.78. The van der Waals surface area contributed by atoms with Crippen LogP contribution in [-0.4, -0.2) is 52.5 Å². The third kappa shape index (κ3) is 3.72. The molecule has 0 N–H and O–H groups in total. The summed E-state index contributed by atoms with van der Waals surface area (Å²) in [6, 6.07) is 12.1. The lowest BCUT2D eigenvalue weighted by Crippen LogP contribution is -2.47. The van der Waals surface area contributed by atoms with Crippen molar-refractivity contribution in [2.45, 2.75) is 13.8 Å². The molecule has 7 heteroatoms. The van der Waals surface area contributed by atoms with Gasteiger partial charge in [-0.2, -0.15) is 10.1 Å². The number of aryl methyl sites for hydroxylation is 1. The lowest BCUT2D eigenvalue weighted by molar-refractivity contribution is 0.340. The summed E-state index contributed by atoms with van der Waals surface area (Å²) in [5, 5.41) is 4.43. The van der Waals surface area contributed by atoms with Gasteiger partial charge in [0.25, 0.3) is 0 Å². The maximum Gasteiger partial charge on any atom is 0.227 e. The van der Waals surface area contributed by atoms with Crippen LogP contribution in [0.2, 0.25) is 0 Å². The van der Waals surface area contributed by atoms with Crippen LogP contribution in [0, 0.1) is 6.92 Å². The van der Waals surface area contributed by atoms with Crippen molar-refractivity contribution >= 4 is 11.6 Å². The molecule has 1 aliphatic heterocycles. The molecule has 0 unspecified atom stereocenters. The van der Waals surface area contributed by atoms with Gasteiger partial charge in [0.1, 0.15) is 5.75 Å².